The van der Waals surface area contributed by atoms with Gasteiger partial charge in [-0.2, -0.15) is 0 Å². The van der Waals surface area contributed by atoms with Crippen LogP contribution in [0.15, 0.2) is 34.0 Å². The Morgan fingerprint density at radius 3 is 2.52 bits per heavy atom. The lowest BCUT2D eigenvalue weighted by Crippen LogP contribution is -2.71. The van der Waals surface area contributed by atoms with Crippen LogP contribution in [0.5, 0.6) is 0 Å². The van der Waals surface area contributed by atoms with E-state index in [4.69, 9.17) is 19.9 Å². The van der Waals surface area contributed by atoms with Gasteiger partial charge in [-0.15, -0.1) is 23.1 Å². The molecule has 214 valence electrons. The number of nitrogens with two attached hydrogens (primary N) is 1. The topological polar surface area (TPSA) is 206 Å². The molecule has 40 heavy (non-hydrogen) atoms. The van der Waals surface area contributed by atoms with Crippen LogP contribution >= 0.6 is 23.1 Å². The molecule has 3 heterocycles. The average molecular weight is 596 g/mol. The molecule has 0 spiro atoms. The summed E-state index contributed by atoms with van der Waals surface area (Å²) in [5.41, 5.74) is 5.54. The first kappa shape index (κ1) is 30.3. The first-order valence-electron chi connectivity index (χ1n) is 11.5. The van der Waals surface area contributed by atoms with Crippen LogP contribution in [0.4, 0.5) is 5.13 Å². The number of thiazole rings is 1. The predicted octanol–water partition coefficient (Wildman–Crippen LogP) is 0.218. The molecule has 0 bridgehead atoms. The largest absolute Gasteiger partial charge is 0.462 e. The first-order chi connectivity index (χ1) is 18.9. The van der Waals surface area contributed by atoms with Gasteiger partial charge in [-0.1, -0.05) is 11.2 Å². The zero-order valence-electron chi connectivity index (χ0n) is 21.7. The normalized spacial score (nSPS) is 19.4. The van der Waals surface area contributed by atoms with Crippen molar-refractivity contribution in [3.05, 3.63) is 34.5 Å². The van der Waals surface area contributed by atoms with Crippen LogP contribution in [0.2, 0.25) is 0 Å². The van der Waals surface area contributed by atoms with E-state index in [0.29, 0.717) is 5.57 Å². The summed E-state index contributed by atoms with van der Waals surface area (Å²) in [5.74, 6) is -4.21. The number of thioether (sulfide) groups is 1. The molecule has 0 saturated carbocycles. The molecule has 0 aliphatic carbocycles. The van der Waals surface area contributed by atoms with Crippen molar-refractivity contribution in [3.63, 3.8) is 0 Å². The maximum absolute atomic E-state index is 13.2. The number of rotatable bonds is 10. The van der Waals surface area contributed by atoms with E-state index in [1.807, 2.05) is 0 Å². The second kappa shape index (κ2) is 13.2. The highest BCUT2D eigenvalue weighted by Gasteiger charge is 2.54. The highest BCUT2D eigenvalue weighted by molar-refractivity contribution is 8.00. The van der Waals surface area contributed by atoms with Crippen LogP contribution < -0.4 is 11.1 Å². The lowest BCUT2D eigenvalue weighted by molar-refractivity contribution is -0.182. The van der Waals surface area contributed by atoms with Gasteiger partial charge in [-0.25, -0.2) is 14.6 Å². The van der Waals surface area contributed by atoms with Crippen LogP contribution in [0.3, 0.4) is 0 Å². The Kier molecular flexibility index (Phi) is 10.0. The number of hydrogen-bond acceptors (Lipinski definition) is 15. The van der Waals surface area contributed by atoms with E-state index < -0.39 is 53.4 Å². The van der Waals surface area contributed by atoms with Crippen LogP contribution in [0.25, 0.3) is 0 Å². The third kappa shape index (κ3) is 7.44. The van der Waals surface area contributed by atoms with Gasteiger partial charge >= 0.3 is 23.9 Å². The molecule has 2 amide bonds. The first-order valence-corrected chi connectivity index (χ1v) is 13.5. The van der Waals surface area contributed by atoms with E-state index in [2.05, 4.69) is 20.3 Å². The molecule has 2 unspecified atom stereocenters. The number of carbonyl (C=O) groups excluding carboxylic acids is 6. The van der Waals surface area contributed by atoms with Crippen molar-refractivity contribution >= 4 is 69.6 Å². The number of nitrogen functional groups attached to an aromatic ring is 1. The van der Waals surface area contributed by atoms with Crippen molar-refractivity contribution in [2.24, 2.45) is 5.16 Å². The molecule has 1 aromatic rings. The fraction of sp³-hybridized carbons (Fsp3) is 0.391. The monoisotopic (exact) mass is 595 g/mol. The van der Waals surface area contributed by atoms with Crippen molar-refractivity contribution in [1.82, 2.24) is 15.2 Å². The molecule has 2 aliphatic rings. The number of esters is 3. The fourth-order valence-electron chi connectivity index (χ4n) is 3.50. The van der Waals surface area contributed by atoms with Gasteiger partial charge in [0.2, 0.25) is 6.29 Å². The summed E-state index contributed by atoms with van der Waals surface area (Å²) in [6.45, 7) is 4.74. The van der Waals surface area contributed by atoms with Crippen molar-refractivity contribution in [1.29, 1.82) is 0 Å². The highest BCUT2D eigenvalue weighted by atomic mass is 32.2. The number of carbonyl (C=O) groups is 6. The molecule has 1 fully saturated rings. The van der Waals surface area contributed by atoms with Crippen LogP contribution in [-0.4, -0.2) is 81.4 Å². The van der Waals surface area contributed by atoms with Gasteiger partial charge in [0.15, 0.2) is 10.8 Å². The molecule has 2 aliphatic heterocycles. The molecule has 3 atom stereocenters. The van der Waals surface area contributed by atoms with Crippen molar-refractivity contribution in [2.45, 2.75) is 45.4 Å². The van der Waals surface area contributed by atoms with Gasteiger partial charge in [0.1, 0.15) is 29.4 Å². The Bertz CT molecular complexity index is 1320. The second-order valence-corrected chi connectivity index (χ2v) is 10.1. The maximum atomic E-state index is 13.2. The zero-order valence-corrected chi connectivity index (χ0v) is 23.3. The molecule has 3 rings (SSSR count). The Labute approximate surface area is 235 Å². The van der Waals surface area contributed by atoms with Crippen molar-refractivity contribution in [3.8, 4) is 0 Å². The third-order valence-corrected chi connectivity index (χ3v) is 7.01. The number of anilines is 1. The predicted molar refractivity (Wildman–Crippen MR) is 140 cm³/mol. The number of oxime groups is 1. The number of fused-ring (bicyclic) bond motifs is 1. The standard InChI is InChI=1S/C23H25N5O10S2/c1-10(29)35-7-5-6-14-8-39-21-17(20(33)28(21)18(14)22(34)37-13(4)36-11(2)30)26-19(32)16(27-38-12(3)31)15-9-40-23(24)25-15/h5-6,9,13,17,21H,7-8H2,1-4H3,(H2,24,25)(H,26,32)/b6-5-,27-16-/t13?,17?,21-/m0/s1. The number of nitrogens with one attached hydrogen (secondary N) is 1. The minimum atomic E-state index is -1.24. The fourth-order valence-corrected chi connectivity index (χ4v) is 5.37. The van der Waals surface area contributed by atoms with Crippen molar-refractivity contribution in [2.75, 3.05) is 18.1 Å². The van der Waals surface area contributed by atoms with Gasteiger partial charge in [0.25, 0.3) is 11.8 Å². The van der Waals surface area contributed by atoms with E-state index in [9.17, 15) is 28.8 Å². The number of hydrogen-bond donors (Lipinski definition) is 2. The number of ether oxygens (including phenoxy) is 3. The zero-order chi connectivity index (χ0) is 29.6. The summed E-state index contributed by atoms with van der Waals surface area (Å²) in [4.78, 5) is 82.6. The number of aromatic nitrogens is 1. The van der Waals surface area contributed by atoms with Gasteiger partial charge in [0.05, 0.1) is 0 Å². The van der Waals surface area contributed by atoms with E-state index in [-0.39, 0.29) is 34.6 Å². The smallest absolute Gasteiger partial charge is 0.358 e. The van der Waals surface area contributed by atoms with E-state index in [1.165, 1.54) is 43.1 Å². The molecule has 1 aromatic heterocycles. The highest BCUT2D eigenvalue weighted by Crippen LogP contribution is 2.41. The summed E-state index contributed by atoms with van der Waals surface area (Å²) in [6, 6.07) is -1.09. The molecule has 0 aromatic carbocycles. The van der Waals surface area contributed by atoms with Crippen LogP contribution in [0.1, 0.15) is 33.4 Å². The van der Waals surface area contributed by atoms with E-state index >= 15 is 0 Å². The van der Waals surface area contributed by atoms with Crippen molar-refractivity contribution < 1.29 is 47.8 Å². The van der Waals surface area contributed by atoms with Gasteiger partial charge < -0.3 is 30.1 Å². The molecular weight excluding hydrogens is 570 g/mol. The molecule has 1 saturated heterocycles. The summed E-state index contributed by atoms with van der Waals surface area (Å²) < 4.78 is 14.9. The molecular formula is C23H25N5O10S2. The molecule has 15 nitrogen and oxygen atoms in total. The average Bonchev–Trinajstić information content (AvgIpc) is 3.29. The maximum Gasteiger partial charge on any atom is 0.358 e. The lowest BCUT2D eigenvalue weighted by Gasteiger charge is -2.49. The molecule has 17 heteroatoms. The summed E-state index contributed by atoms with van der Waals surface area (Å²) in [7, 11) is 0. The number of β-lactam (4-membered cyclic amide) rings is 1. The number of nitrogens with zero attached hydrogens (tertiary/aromatic N) is 3. The van der Waals surface area contributed by atoms with Crippen LogP contribution in [-0.2, 0) is 47.8 Å². The summed E-state index contributed by atoms with van der Waals surface area (Å²) in [5, 5.41) is 6.94. The van der Waals surface area contributed by atoms with Gasteiger partial charge in [-0.05, 0) is 11.6 Å². The van der Waals surface area contributed by atoms with E-state index in [0.717, 1.165) is 30.1 Å². The quantitative estimate of drug-likeness (QED) is 0.0928. The Morgan fingerprint density at radius 1 is 1.20 bits per heavy atom. The second-order valence-electron chi connectivity index (χ2n) is 8.12. The summed E-state index contributed by atoms with van der Waals surface area (Å²) >= 11 is 2.27. The Balaban J connectivity index is 1.84. The minimum Gasteiger partial charge on any atom is -0.462 e. The number of allylic oxidation sites excluding steroid dienone is 1. The van der Waals surface area contributed by atoms with Gasteiger partial charge in [-0.3, -0.25) is 24.1 Å². The molecule has 0 radical (unpaired) electrons. The number of amides is 2. The Morgan fingerprint density at radius 2 is 1.93 bits per heavy atom. The SMILES string of the molecule is CC(=O)OC/C=C\C1=C(C(=O)OC(C)OC(C)=O)N2C(=O)C(NC(=O)/C(=N\OC(C)=O)c3csc(N)n3)[C@@H]2SC1. The Hall–Kier alpha value is -4.25. The molecule has 3 N–H and O–H groups in total. The van der Waals surface area contributed by atoms with Gasteiger partial charge in [0, 0.05) is 38.8 Å². The summed E-state index contributed by atoms with van der Waals surface area (Å²) in [6.07, 6.45) is 1.75. The lowest BCUT2D eigenvalue weighted by atomic mass is 10.0. The minimum absolute atomic E-state index is 0.0324. The van der Waals surface area contributed by atoms with E-state index in [1.54, 1.807) is 0 Å². The van der Waals surface area contributed by atoms with Crippen LogP contribution in [0, 0.1) is 0 Å². The third-order valence-electron chi connectivity index (χ3n) is 5.03.